The Labute approximate surface area is 140 Å². The highest BCUT2D eigenvalue weighted by Gasteiger charge is 2.35. The van der Waals surface area contributed by atoms with Crippen LogP contribution in [0.15, 0.2) is 16.6 Å². The van der Waals surface area contributed by atoms with Gasteiger partial charge in [-0.1, -0.05) is 28.8 Å². The standard InChI is InChI=1S/C17H22BrN3O/c18-14-6-5-13(11-19)17(22)15(14)16(12-3-1-2-4-12)21-9-7-20-8-10-21/h5-6,12,16,20,22H,1-4,7-10H2/t16-/m0/s1. The van der Waals surface area contributed by atoms with Gasteiger partial charge in [-0.3, -0.25) is 4.90 Å². The maximum Gasteiger partial charge on any atom is 0.139 e. The van der Waals surface area contributed by atoms with Crippen LogP contribution in [0.4, 0.5) is 0 Å². The molecule has 3 rings (SSSR count). The van der Waals surface area contributed by atoms with E-state index >= 15 is 0 Å². The third-order valence-corrected chi connectivity index (χ3v) is 5.66. The van der Waals surface area contributed by atoms with Crippen molar-refractivity contribution in [3.8, 4) is 11.8 Å². The van der Waals surface area contributed by atoms with E-state index in [9.17, 15) is 10.4 Å². The van der Waals surface area contributed by atoms with Gasteiger partial charge in [0, 0.05) is 42.3 Å². The lowest BCUT2D eigenvalue weighted by atomic mass is 9.88. The average Bonchev–Trinajstić information content (AvgIpc) is 3.06. The molecule has 4 nitrogen and oxygen atoms in total. The van der Waals surface area contributed by atoms with Crippen molar-refractivity contribution >= 4 is 15.9 Å². The molecule has 2 aliphatic rings. The number of hydrogen-bond acceptors (Lipinski definition) is 4. The topological polar surface area (TPSA) is 59.3 Å². The monoisotopic (exact) mass is 363 g/mol. The van der Waals surface area contributed by atoms with Crippen molar-refractivity contribution in [3.63, 3.8) is 0 Å². The number of phenols is 1. The molecule has 1 saturated carbocycles. The van der Waals surface area contributed by atoms with Gasteiger partial charge in [0.1, 0.15) is 11.8 Å². The van der Waals surface area contributed by atoms with E-state index in [0.717, 1.165) is 36.2 Å². The third kappa shape index (κ3) is 3.01. The zero-order chi connectivity index (χ0) is 15.5. The van der Waals surface area contributed by atoms with Gasteiger partial charge in [-0.15, -0.1) is 0 Å². The molecule has 0 radical (unpaired) electrons. The van der Waals surface area contributed by atoms with Crippen molar-refractivity contribution in [3.05, 3.63) is 27.7 Å². The van der Waals surface area contributed by atoms with Crippen molar-refractivity contribution < 1.29 is 5.11 Å². The first-order valence-electron chi connectivity index (χ1n) is 8.08. The maximum atomic E-state index is 10.6. The van der Waals surface area contributed by atoms with Gasteiger partial charge in [0.05, 0.1) is 5.56 Å². The second kappa shape index (κ2) is 6.99. The summed E-state index contributed by atoms with van der Waals surface area (Å²) in [5.74, 6) is 0.724. The lowest BCUT2D eigenvalue weighted by molar-refractivity contribution is 0.122. The van der Waals surface area contributed by atoms with Gasteiger partial charge in [0.2, 0.25) is 0 Å². The molecule has 0 bridgehead atoms. The predicted molar refractivity (Wildman–Crippen MR) is 89.7 cm³/mol. The minimum absolute atomic E-state index is 0.160. The third-order valence-electron chi connectivity index (χ3n) is 4.97. The first-order chi connectivity index (χ1) is 10.7. The molecule has 22 heavy (non-hydrogen) atoms. The highest BCUT2D eigenvalue weighted by molar-refractivity contribution is 9.10. The number of benzene rings is 1. The van der Waals surface area contributed by atoms with Crippen molar-refractivity contribution in [1.29, 1.82) is 5.26 Å². The van der Waals surface area contributed by atoms with Crippen LogP contribution in [0.3, 0.4) is 0 Å². The number of halogens is 1. The van der Waals surface area contributed by atoms with Crippen LogP contribution >= 0.6 is 15.9 Å². The van der Waals surface area contributed by atoms with Crippen LogP contribution in [-0.2, 0) is 0 Å². The summed E-state index contributed by atoms with van der Waals surface area (Å²) in [6.45, 7) is 3.95. The molecule has 2 N–H and O–H groups in total. The molecule has 1 aromatic carbocycles. The number of nitriles is 1. The van der Waals surface area contributed by atoms with Gasteiger partial charge < -0.3 is 10.4 Å². The van der Waals surface area contributed by atoms with Crippen LogP contribution in [0, 0.1) is 17.2 Å². The van der Waals surface area contributed by atoms with E-state index in [1.54, 1.807) is 6.07 Å². The minimum Gasteiger partial charge on any atom is -0.506 e. The molecule has 1 aromatic rings. The Morgan fingerprint density at radius 2 is 1.95 bits per heavy atom. The lowest BCUT2D eigenvalue weighted by Crippen LogP contribution is -2.46. The quantitative estimate of drug-likeness (QED) is 0.865. The number of phenolic OH excluding ortho intramolecular Hbond substituents is 1. The molecular formula is C17H22BrN3O. The number of hydrogen-bond donors (Lipinski definition) is 2. The fourth-order valence-electron chi connectivity index (χ4n) is 3.90. The zero-order valence-corrected chi connectivity index (χ0v) is 14.3. The van der Waals surface area contributed by atoms with E-state index in [2.05, 4.69) is 32.2 Å². The maximum absolute atomic E-state index is 10.6. The molecule has 0 amide bonds. The van der Waals surface area contributed by atoms with E-state index in [4.69, 9.17) is 0 Å². The van der Waals surface area contributed by atoms with Crippen molar-refractivity contribution in [1.82, 2.24) is 10.2 Å². The largest absolute Gasteiger partial charge is 0.506 e. The summed E-state index contributed by atoms with van der Waals surface area (Å²) in [7, 11) is 0. The van der Waals surface area contributed by atoms with Crippen molar-refractivity contribution in [2.45, 2.75) is 31.7 Å². The second-order valence-corrected chi connectivity index (χ2v) is 7.10. The predicted octanol–water partition coefficient (Wildman–Crippen LogP) is 3.16. The van der Waals surface area contributed by atoms with Crippen molar-refractivity contribution in [2.24, 2.45) is 5.92 Å². The Hall–Kier alpha value is -1.09. The van der Waals surface area contributed by atoms with Gasteiger partial charge in [-0.25, -0.2) is 0 Å². The second-order valence-electron chi connectivity index (χ2n) is 6.24. The summed E-state index contributed by atoms with van der Waals surface area (Å²) < 4.78 is 0.916. The van der Waals surface area contributed by atoms with Gasteiger partial charge in [-0.2, -0.15) is 5.26 Å². The molecule has 0 spiro atoms. The highest BCUT2D eigenvalue weighted by atomic mass is 79.9. The Morgan fingerprint density at radius 3 is 2.59 bits per heavy atom. The summed E-state index contributed by atoms with van der Waals surface area (Å²) in [6.07, 6.45) is 4.95. The molecule has 0 unspecified atom stereocenters. The van der Waals surface area contributed by atoms with Crippen LogP contribution in [-0.4, -0.2) is 36.2 Å². The summed E-state index contributed by atoms with van der Waals surface area (Å²) in [4.78, 5) is 2.48. The molecule has 2 fully saturated rings. The molecule has 118 valence electrons. The van der Waals surface area contributed by atoms with E-state index in [-0.39, 0.29) is 11.8 Å². The van der Waals surface area contributed by atoms with Gasteiger partial charge in [-0.05, 0) is 30.9 Å². The molecule has 1 atom stereocenters. The van der Waals surface area contributed by atoms with Gasteiger partial charge in [0.25, 0.3) is 0 Å². The molecule has 0 aromatic heterocycles. The van der Waals surface area contributed by atoms with Crippen LogP contribution in [0.25, 0.3) is 0 Å². The van der Waals surface area contributed by atoms with E-state index < -0.39 is 0 Å². The highest BCUT2D eigenvalue weighted by Crippen LogP contribution is 2.46. The van der Waals surface area contributed by atoms with Crippen molar-refractivity contribution in [2.75, 3.05) is 26.2 Å². The van der Waals surface area contributed by atoms with Gasteiger partial charge in [0.15, 0.2) is 0 Å². The Bertz CT molecular complexity index is 572. The minimum atomic E-state index is 0.160. The number of aromatic hydroxyl groups is 1. The van der Waals surface area contributed by atoms with Crippen LogP contribution in [0.5, 0.6) is 5.75 Å². The Morgan fingerprint density at radius 1 is 1.27 bits per heavy atom. The molecule has 1 aliphatic heterocycles. The van der Waals surface area contributed by atoms with Gasteiger partial charge >= 0.3 is 0 Å². The SMILES string of the molecule is N#Cc1ccc(Br)c([C@H](C2CCCC2)N2CCNCC2)c1O. The summed E-state index contributed by atoms with van der Waals surface area (Å²) in [5, 5.41) is 23.3. The fraction of sp³-hybridized carbons (Fsp3) is 0.588. The molecular weight excluding hydrogens is 342 g/mol. The average molecular weight is 364 g/mol. The number of rotatable bonds is 3. The van der Waals surface area contributed by atoms with E-state index in [1.165, 1.54) is 25.7 Å². The molecule has 1 heterocycles. The fourth-order valence-corrected chi connectivity index (χ4v) is 4.46. The van der Waals surface area contributed by atoms with Crippen LogP contribution in [0.2, 0.25) is 0 Å². The summed E-state index contributed by atoms with van der Waals surface area (Å²) >= 11 is 3.61. The Balaban J connectivity index is 2.03. The summed E-state index contributed by atoms with van der Waals surface area (Å²) in [5.41, 5.74) is 1.28. The number of nitrogens with zero attached hydrogens (tertiary/aromatic N) is 2. The van der Waals surface area contributed by atoms with Crippen LogP contribution in [0.1, 0.15) is 42.9 Å². The van der Waals surface area contributed by atoms with E-state index in [1.807, 2.05) is 6.07 Å². The zero-order valence-electron chi connectivity index (χ0n) is 12.7. The number of piperazine rings is 1. The lowest BCUT2D eigenvalue weighted by Gasteiger charge is -2.39. The molecule has 5 heteroatoms. The summed E-state index contributed by atoms with van der Waals surface area (Å²) in [6, 6.07) is 5.90. The normalized spacial score (nSPS) is 21.6. The molecule has 1 saturated heterocycles. The number of nitrogens with one attached hydrogen (secondary N) is 1. The van der Waals surface area contributed by atoms with Crippen LogP contribution < -0.4 is 5.32 Å². The molecule has 1 aliphatic carbocycles. The first kappa shape index (κ1) is 15.8. The van der Waals surface area contributed by atoms with E-state index in [0.29, 0.717) is 11.5 Å². The Kier molecular flexibility index (Phi) is 5.02. The smallest absolute Gasteiger partial charge is 0.139 e. The first-order valence-corrected chi connectivity index (χ1v) is 8.88.